The Morgan fingerprint density at radius 2 is 2.35 bits per heavy atom. The standard InChI is InChI=1S/C14H18N4OS/c1-9-5-12(13(19)17-8-11-6-15-7-11)10(2)18(9)14-16-3-4-20-14/h3-5,11,15H,6-8H2,1-2H3,(H,17,19). The quantitative estimate of drug-likeness (QED) is 0.897. The molecule has 2 N–H and O–H groups in total. The molecule has 0 unspecified atom stereocenters. The van der Waals surface area contributed by atoms with Crippen molar-refractivity contribution >= 4 is 17.2 Å². The summed E-state index contributed by atoms with van der Waals surface area (Å²) in [5.74, 6) is 0.578. The average Bonchev–Trinajstić information content (AvgIpc) is 2.95. The Balaban J connectivity index is 1.79. The zero-order valence-electron chi connectivity index (χ0n) is 11.6. The van der Waals surface area contributed by atoms with Gasteiger partial charge in [-0.15, -0.1) is 11.3 Å². The van der Waals surface area contributed by atoms with E-state index in [4.69, 9.17) is 0 Å². The van der Waals surface area contributed by atoms with Crippen molar-refractivity contribution in [2.45, 2.75) is 13.8 Å². The van der Waals surface area contributed by atoms with Gasteiger partial charge < -0.3 is 10.6 Å². The number of rotatable bonds is 4. The fraction of sp³-hybridized carbons (Fsp3) is 0.429. The van der Waals surface area contributed by atoms with E-state index in [2.05, 4.69) is 15.6 Å². The molecule has 3 heterocycles. The van der Waals surface area contributed by atoms with Crippen molar-refractivity contribution in [3.8, 4) is 5.13 Å². The molecule has 3 rings (SSSR count). The highest BCUT2D eigenvalue weighted by atomic mass is 32.1. The largest absolute Gasteiger partial charge is 0.352 e. The number of aryl methyl sites for hydroxylation is 1. The Morgan fingerprint density at radius 1 is 1.55 bits per heavy atom. The van der Waals surface area contributed by atoms with Crippen molar-refractivity contribution in [2.75, 3.05) is 19.6 Å². The van der Waals surface area contributed by atoms with Crippen LogP contribution < -0.4 is 10.6 Å². The summed E-state index contributed by atoms with van der Waals surface area (Å²) in [6.07, 6.45) is 1.78. The summed E-state index contributed by atoms with van der Waals surface area (Å²) in [5, 5.41) is 9.07. The van der Waals surface area contributed by atoms with Crippen molar-refractivity contribution in [3.05, 3.63) is 34.6 Å². The number of carbonyl (C=O) groups excluding carboxylic acids is 1. The van der Waals surface area contributed by atoms with E-state index in [1.54, 1.807) is 17.5 Å². The molecule has 2 aromatic rings. The van der Waals surface area contributed by atoms with Gasteiger partial charge in [0.25, 0.3) is 5.91 Å². The van der Waals surface area contributed by atoms with Gasteiger partial charge in [-0.05, 0) is 19.9 Å². The van der Waals surface area contributed by atoms with Gasteiger partial charge in [-0.2, -0.15) is 0 Å². The predicted octanol–water partition coefficient (Wildman–Crippen LogP) is 1.50. The Kier molecular flexibility index (Phi) is 3.58. The molecule has 1 amide bonds. The lowest BCUT2D eigenvalue weighted by molar-refractivity contribution is 0.0941. The van der Waals surface area contributed by atoms with Crippen LogP contribution in [0.25, 0.3) is 5.13 Å². The smallest absolute Gasteiger partial charge is 0.253 e. The van der Waals surface area contributed by atoms with Crippen molar-refractivity contribution in [3.63, 3.8) is 0 Å². The lowest BCUT2D eigenvalue weighted by Gasteiger charge is -2.27. The summed E-state index contributed by atoms with van der Waals surface area (Å²) in [6, 6.07) is 1.94. The first-order valence-electron chi connectivity index (χ1n) is 6.74. The maximum Gasteiger partial charge on any atom is 0.253 e. The zero-order chi connectivity index (χ0) is 14.1. The van der Waals surface area contributed by atoms with Crippen LogP contribution >= 0.6 is 11.3 Å². The van der Waals surface area contributed by atoms with E-state index in [1.807, 2.05) is 29.9 Å². The minimum absolute atomic E-state index is 0.00723. The van der Waals surface area contributed by atoms with E-state index < -0.39 is 0 Å². The molecular weight excluding hydrogens is 272 g/mol. The van der Waals surface area contributed by atoms with E-state index in [-0.39, 0.29) is 5.91 Å². The van der Waals surface area contributed by atoms with Gasteiger partial charge in [0, 0.05) is 48.5 Å². The summed E-state index contributed by atoms with van der Waals surface area (Å²) in [4.78, 5) is 16.6. The predicted molar refractivity (Wildman–Crippen MR) is 79.6 cm³/mol. The van der Waals surface area contributed by atoms with E-state index in [9.17, 15) is 4.79 Å². The minimum atomic E-state index is 0.00723. The van der Waals surface area contributed by atoms with Gasteiger partial charge in [-0.3, -0.25) is 9.36 Å². The molecule has 0 spiro atoms. The Morgan fingerprint density at radius 3 is 2.95 bits per heavy atom. The summed E-state index contributed by atoms with van der Waals surface area (Å²) in [7, 11) is 0. The summed E-state index contributed by atoms with van der Waals surface area (Å²) in [5.41, 5.74) is 2.72. The summed E-state index contributed by atoms with van der Waals surface area (Å²) >= 11 is 1.57. The van der Waals surface area contributed by atoms with Crippen molar-refractivity contribution in [1.82, 2.24) is 20.2 Å². The molecule has 0 atom stereocenters. The molecule has 1 aliphatic rings. The van der Waals surface area contributed by atoms with E-state index in [1.165, 1.54) is 0 Å². The molecular formula is C14H18N4OS. The van der Waals surface area contributed by atoms with Crippen LogP contribution in [0.4, 0.5) is 0 Å². The molecule has 1 aliphatic heterocycles. The zero-order valence-corrected chi connectivity index (χ0v) is 12.5. The molecule has 0 radical (unpaired) electrons. The van der Waals surface area contributed by atoms with Gasteiger partial charge in [-0.25, -0.2) is 4.98 Å². The van der Waals surface area contributed by atoms with Gasteiger partial charge in [0.15, 0.2) is 5.13 Å². The highest BCUT2D eigenvalue weighted by molar-refractivity contribution is 7.12. The molecule has 5 nitrogen and oxygen atoms in total. The number of nitrogens with one attached hydrogen (secondary N) is 2. The van der Waals surface area contributed by atoms with E-state index in [0.717, 1.165) is 41.7 Å². The third-order valence-electron chi connectivity index (χ3n) is 3.70. The third kappa shape index (κ3) is 2.36. The Labute approximate surface area is 122 Å². The van der Waals surface area contributed by atoms with Crippen LogP contribution in [0.3, 0.4) is 0 Å². The van der Waals surface area contributed by atoms with Crippen LogP contribution in [0, 0.1) is 19.8 Å². The lowest BCUT2D eigenvalue weighted by Crippen LogP contribution is -2.48. The van der Waals surface area contributed by atoms with Gasteiger partial charge in [0.05, 0.1) is 5.56 Å². The SMILES string of the molecule is Cc1cc(C(=O)NCC2CNC2)c(C)n1-c1nccs1. The van der Waals surface area contributed by atoms with Gasteiger partial charge in [0.2, 0.25) is 0 Å². The number of aromatic nitrogens is 2. The first kappa shape index (κ1) is 13.3. The van der Waals surface area contributed by atoms with Gasteiger partial charge >= 0.3 is 0 Å². The molecule has 6 heteroatoms. The van der Waals surface area contributed by atoms with Crippen LogP contribution in [-0.2, 0) is 0 Å². The molecule has 0 aromatic carbocycles. The second-order valence-corrected chi connectivity index (χ2v) is 6.04. The summed E-state index contributed by atoms with van der Waals surface area (Å²) in [6.45, 7) is 6.71. The maximum atomic E-state index is 12.3. The maximum absolute atomic E-state index is 12.3. The summed E-state index contributed by atoms with van der Waals surface area (Å²) < 4.78 is 2.03. The average molecular weight is 290 g/mol. The number of hydrogen-bond donors (Lipinski definition) is 2. The second kappa shape index (κ2) is 5.38. The fourth-order valence-corrected chi connectivity index (χ4v) is 3.19. The van der Waals surface area contributed by atoms with Crippen molar-refractivity contribution in [1.29, 1.82) is 0 Å². The first-order valence-corrected chi connectivity index (χ1v) is 7.62. The molecule has 20 heavy (non-hydrogen) atoms. The molecule has 106 valence electrons. The third-order valence-corrected chi connectivity index (χ3v) is 4.46. The first-order chi connectivity index (χ1) is 9.66. The second-order valence-electron chi connectivity index (χ2n) is 5.17. The normalized spacial score (nSPS) is 15.1. The van der Waals surface area contributed by atoms with Crippen molar-refractivity contribution < 1.29 is 4.79 Å². The number of amides is 1. The van der Waals surface area contributed by atoms with Gasteiger partial charge in [0.1, 0.15) is 0 Å². The Hall–Kier alpha value is -1.66. The van der Waals surface area contributed by atoms with E-state index in [0.29, 0.717) is 5.92 Å². The number of thiazole rings is 1. The molecule has 1 fully saturated rings. The van der Waals surface area contributed by atoms with Crippen LogP contribution in [-0.4, -0.2) is 35.1 Å². The van der Waals surface area contributed by atoms with Crippen LogP contribution in [0.1, 0.15) is 21.7 Å². The highest BCUT2D eigenvalue weighted by Crippen LogP contribution is 2.22. The van der Waals surface area contributed by atoms with Crippen molar-refractivity contribution in [2.24, 2.45) is 5.92 Å². The topological polar surface area (TPSA) is 59.0 Å². The number of hydrogen-bond acceptors (Lipinski definition) is 4. The fourth-order valence-electron chi connectivity index (χ4n) is 2.44. The van der Waals surface area contributed by atoms with Crippen LogP contribution in [0.15, 0.2) is 17.6 Å². The van der Waals surface area contributed by atoms with Crippen LogP contribution in [0.2, 0.25) is 0 Å². The molecule has 1 saturated heterocycles. The molecule has 0 aliphatic carbocycles. The van der Waals surface area contributed by atoms with Crippen LogP contribution in [0.5, 0.6) is 0 Å². The number of nitrogens with zero attached hydrogens (tertiary/aromatic N) is 2. The number of carbonyl (C=O) groups is 1. The van der Waals surface area contributed by atoms with Gasteiger partial charge in [-0.1, -0.05) is 0 Å². The van der Waals surface area contributed by atoms with E-state index >= 15 is 0 Å². The molecule has 0 bridgehead atoms. The molecule has 0 saturated carbocycles. The Bertz CT molecular complexity index is 613. The lowest BCUT2D eigenvalue weighted by atomic mass is 10.0. The highest BCUT2D eigenvalue weighted by Gasteiger charge is 2.20. The monoisotopic (exact) mass is 290 g/mol. The minimum Gasteiger partial charge on any atom is -0.352 e. The molecule has 2 aromatic heterocycles.